The van der Waals surface area contributed by atoms with Gasteiger partial charge in [-0.05, 0) is 32.4 Å². The number of nitrogens with zero attached hydrogens (tertiary/aromatic N) is 1. The molecule has 0 aliphatic carbocycles. The van der Waals surface area contributed by atoms with Gasteiger partial charge in [0.25, 0.3) is 10.1 Å². The van der Waals surface area contributed by atoms with E-state index in [1.54, 1.807) is 0 Å². The maximum absolute atomic E-state index is 10.6. The van der Waals surface area contributed by atoms with Crippen molar-refractivity contribution in [2.24, 2.45) is 0 Å². The van der Waals surface area contributed by atoms with Gasteiger partial charge in [-0.2, -0.15) is 8.42 Å². The van der Waals surface area contributed by atoms with Crippen LogP contribution in [0.15, 0.2) is 12.2 Å². The second-order valence-electron chi connectivity index (χ2n) is 4.13. The van der Waals surface area contributed by atoms with Crippen LogP contribution in [0.4, 0.5) is 0 Å². The molecule has 1 saturated heterocycles. The zero-order valence-electron chi connectivity index (χ0n) is 8.98. The Labute approximate surface area is 91.7 Å². The van der Waals surface area contributed by atoms with Gasteiger partial charge >= 0.3 is 0 Å². The molecule has 0 amide bonds. The number of likely N-dealkylation sites (tertiary alicyclic amines) is 1. The molecule has 1 aliphatic heterocycles. The second-order valence-corrected chi connectivity index (χ2v) is 5.58. The standard InChI is InChI=1S/C10H19NO3S/c1-10(9-15(12,13)14)5-8-11-6-3-2-4-7-11/h1-9H2,(H,12,13,14). The van der Waals surface area contributed by atoms with Crippen LogP contribution < -0.4 is 0 Å². The van der Waals surface area contributed by atoms with Gasteiger partial charge in [-0.25, -0.2) is 0 Å². The minimum absolute atomic E-state index is 0.305. The Balaban J connectivity index is 2.21. The van der Waals surface area contributed by atoms with Crippen molar-refractivity contribution >= 4 is 10.1 Å². The van der Waals surface area contributed by atoms with Crippen molar-refractivity contribution in [2.75, 3.05) is 25.4 Å². The van der Waals surface area contributed by atoms with Crippen LogP contribution >= 0.6 is 0 Å². The highest BCUT2D eigenvalue weighted by atomic mass is 32.2. The smallest absolute Gasteiger partial charge is 0.268 e. The minimum atomic E-state index is -3.89. The first kappa shape index (κ1) is 12.7. The summed E-state index contributed by atoms with van der Waals surface area (Å²) in [6, 6.07) is 0. The Morgan fingerprint density at radius 1 is 1.27 bits per heavy atom. The van der Waals surface area contributed by atoms with E-state index in [0.29, 0.717) is 12.0 Å². The monoisotopic (exact) mass is 233 g/mol. The Hall–Kier alpha value is -0.390. The van der Waals surface area contributed by atoms with Gasteiger partial charge in [-0.15, -0.1) is 0 Å². The van der Waals surface area contributed by atoms with E-state index in [0.717, 1.165) is 19.6 Å². The van der Waals surface area contributed by atoms with Crippen LogP contribution in [-0.4, -0.2) is 43.3 Å². The average molecular weight is 233 g/mol. The van der Waals surface area contributed by atoms with Crippen molar-refractivity contribution in [1.29, 1.82) is 0 Å². The fourth-order valence-corrected chi connectivity index (χ4v) is 2.49. The second kappa shape index (κ2) is 5.63. The SMILES string of the molecule is C=C(CCN1CCCCC1)CS(=O)(=O)O. The lowest BCUT2D eigenvalue weighted by Crippen LogP contribution is -2.31. The molecule has 1 aliphatic rings. The molecule has 1 rings (SSSR count). The molecule has 5 heteroatoms. The fourth-order valence-electron chi connectivity index (χ4n) is 1.83. The van der Waals surface area contributed by atoms with Crippen molar-refractivity contribution in [3.8, 4) is 0 Å². The van der Waals surface area contributed by atoms with Crippen LogP contribution in [0.5, 0.6) is 0 Å². The lowest BCUT2D eigenvalue weighted by molar-refractivity contribution is 0.231. The van der Waals surface area contributed by atoms with Crippen molar-refractivity contribution in [1.82, 2.24) is 4.90 Å². The molecule has 1 fully saturated rings. The number of rotatable bonds is 5. The molecule has 0 unspecified atom stereocenters. The zero-order valence-corrected chi connectivity index (χ0v) is 9.80. The minimum Gasteiger partial charge on any atom is -0.303 e. The van der Waals surface area contributed by atoms with Gasteiger partial charge in [0.2, 0.25) is 0 Å². The van der Waals surface area contributed by atoms with E-state index in [-0.39, 0.29) is 5.75 Å². The Bertz CT molecular complexity index is 305. The van der Waals surface area contributed by atoms with E-state index in [9.17, 15) is 8.42 Å². The first-order valence-corrected chi connectivity index (χ1v) is 6.92. The summed E-state index contributed by atoms with van der Waals surface area (Å²) in [7, 11) is -3.89. The maximum atomic E-state index is 10.6. The van der Waals surface area contributed by atoms with E-state index in [4.69, 9.17) is 4.55 Å². The first-order chi connectivity index (χ1) is 6.97. The third-order valence-electron chi connectivity index (χ3n) is 2.62. The Morgan fingerprint density at radius 2 is 1.87 bits per heavy atom. The summed E-state index contributed by atoms with van der Waals surface area (Å²) in [6.45, 7) is 6.71. The summed E-state index contributed by atoms with van der Waals surface area (Å²) >= 11 is 0. The molecule has 0 aromatic rings. The zero-order chi connectivity index (χ0) is 11.3. The van der Waals surface area contributed by atoms with E-state index in [1.807, 2.05) is 0 Å². The highest BCUT2D eigenvalue weighted by molar-refractivity contribution is 7.85. The first-order valence-electron chi connectivity index (χ1n) is 5.31. The van der Waals surface area contributed by atoms with Gasteiger partial charge in [-0.3, -0.25) is 4.55 Å². The van der Waals surface area contributed by atoms with E-state index >= 15 is 0 Å². The van der Waals surface area contributed by atoms with Gasteiger partial charge < -0.3 is 4.90 Å². The van der Waals surface area contributed by atoms with E-state index in [2.05, 4.69) is 11.5 Å². The highest BCUT2D eigenvalue weighted by Gasteiger charge is 2.12. The van der Waals surface area contributed by atoms with Crippen LogP contribution in [0.2, 0.25) is 0 Å². The van der Waals surface area contributed by atoms with Gasteiger partial charge in [0, 0.05) is 6.54 Å². The largest absolute Gasteiger partial charge is 0.303 e. The van der Waals surface area contributed by atoms with Crippen molar-refractivity contribution in [2.45, 2.75) is 25.7 Å². The van der Waals surface area contributed by atoms with Crippen molar-refractivity contribution in [3.05, 3.63) is 12.2 Å². The van der Waals surface area contributed by atoms with Crippen LogP contribution in [0, 0.1) is 0 Å². The summed E-state index contributed by atoms with van der Waals surface area (Å²) in [4.78, 5) is 2.32. The molecule has 88 valence electrons. The van der Waals surface area contributed by atoms with Crippen LogP contribution in [0.3, 0.4) is 0 Å². The molecule has 0 spiro atoms. The summed E-state index contributed by atoms with van der Waals surface area (Å²) in [5.41, 5.74) is 0.586. The molecule has 1 heterocycles. The summed E-state index contributed by atoms with van der Waals surface area (Å²) in [6.07, 6.45) is 4.40. The predicted octanol–water partition coefficient (Wildman–Crippen LogP) is 1.31. The molecule has 0 saturated carbocycles. The normalized spacial score (nSPS) is 19.0. The molecular weight excluding hydrogens is 214 g/mol. The molecule has 0 aromatic heterocycles. The van der Waals surface area contributed by atoms with Gasteiger partial charge in [0.05, 0.1) is 5.75 Å². The lowest BCUT2D eigenvalue weighted by atomic mass is 10.1. The molecule has 1 N–H and O–H groups in total. The molecule has 4 nitrogen and oxygen atoms in total. The molecule has 0 atom stereocenters. The lowest BCUT2D eigenvalue weighted by Gasteiger charge is -2.26. The molecule has 0 aromatic carbocycles. The quantitative estimate of drug-likeness (QED) is 0.574. The number of hydrogen-bond acceptors (Lipinski definition) is 3. The van der Waals surface area contributed by atoms with Crippen LogP contribution in [0.25, 0.3) is 0 Å². The molecule has 0 radical (unpaired) electrons. The average Bonchev–Trinajstić information content (AvgIpc) is 2.14. The highest BCUT2D eigenvalue weighted by Crippen LogP contribution is 2.11. The topological polar surface area (TPSA) is 57.6 Å². The summed E-state index contributed by atoms with van der Waals surface area (Å²) < 4.78 is 29.8. The van der Waals surface area contributed by atoms with E-state index < -0.39 is 10.1 Å². The van der Waals surface area contributed by atoms with Crippen molar-refractivity contribution in [3.63, 3.8) is 0 Å². The molecular formula is C10H19NO3S. The summed E-state index contributed by atoms with van der Waals surface area (Å²) in [5.74, 6) is -0.305. The van der Waals surface area contributed by atoms with Gasteiger partial charge in [-0.1, -0.05) is 18.6 Å². The number of hydrogen-bond donors (Lipinski definition) is 1. The van der Waals surface area contributed by atoms with Crippen molar-refractivity contribution < 1.29 is 13.0 Å². The van der Waals surface area contributed by atoms with E-state index in [1.165, 1.54) is 19.3 Å². The number of piperidine rings is 1. The Kier molecular flexibility index (Phi) is 4.76. The molecule has 0 bridgehead atoms. The molecule has 15 heavy (non-hydrogen) atoms. The third-order valence-corrected chi connectivity index (χ3v) is 3.39. The Morgan fingerprint density at radius 3 is 2.40 bits per heavy atom. The summed E-state index contributed by atoms with van der Waals surface area (Å²) in [5, 5.41) is 0. The van der Waals surface area contributed by atoms with Crippen LogP contribution in [-0.2, 0) is 10.1 Å². The fraction of sp³-hybridized carbons (Fsp3) is 0.800. The van der Waals surface area contributed by atoms with Gasteiger partial charge in [0.1, 0.15) is 0 Å². The van der Waals surface area contributed by atoms with Gasteiger partial charge in [0.15, 0.2) is 0 Å². The van der Waals surface area contributed by atoms with Crippen LogP contribution in [0.1, 0.15) is 25.7 Å². The third kappa shape index (κ3) is 5.92. The predicted molar refractivity (Wildman–Crippen MR) is 60.5 cm³/mol. The maximum Gasteiger partial charge on any atom is 0.268 e.